The Morgan fingerprint density at radius 2 is 2.00 bits per heavy atom. The van der Waals surface area contributed by atoms with E-state index in [1.54, 1.807) is 17.9 Å². The third-order valence-corrected chi connectivity index (χ3v) is 4.23. The first-order valence-corrected chi connectivity index (χ1v) is 7.97. The van der Waals surface area contributed by atoms with E-state index in [0.717, 1.165) is 15.8 Å². The minimum atomic E-state index is -0.259. The maximum Gasteiger partial charge on any atom is 0.351 e. The molecule has 0 spiro atoms. The first-order valence-electron chi connectivity index (χ1n) is 7.18. The highest BCUT2D eigenvalue weighted by atomic mass is 79.9. The molecule has 4 rings (SSSR count). The van der Waals surface area contributed by atoms with Crippen LogP contribution in [0.2, 0.25) is 0 Å². The quantitative estimate of drug-likeness (QED) is 0.540. The van der Waals surface area contributed by atoms with E-state index in [4.69, 9.17) is 4.74 Å². The molecule has 0 amide bonds. The summed E-state index contributed by atoms with van der Waals surface area (Å²) in [6.07, 6.45) is 3.04. The van der Waals surface area contributed by atoms with Crippen LogP contribution in [0, 0.1) is 0 Å². The average Bonchev–Trinajstić information content (AvgIpc) is 3.09. The molecule has 1 aromatic carbocycles. The Labute approximate surface area is 144 Å². The molecule has 3 aromatic heterocycles. The maximum atomic E-state index is 12.8. The van der Waals surface area contributed by atoms with E-state index in [-0.39, 0.29) is 5.69 Å². The predicted molar refractivity (Wildman–Crippen MR) is 92.3 cm³/mol. The summed E-state index contributed by atoms with van der Waals surface area (Å²) in [4.78, 5) is 21.4. The van der Waals surface area contributed by atoms with Crippen LogP contribution in [0.4, 0.5) is 0 Å². The number of ether oxygens (including phenoxy) is 1. The second kappa shape index (κ2) is 5.72. The van der Waals surface area contributed by atoms with Crippen LogP contribution < -0.4 is 10.4 Å². The van der Waals surface area contributed by atoms with Crippen molar-refractivity contribution < 1.29 is 4.74 Å². The highest BCUT2D eigenvalue weighted by Crippen LogP contribution is 2.20. The minimum Gasteiger partial charge on any atom is -0.497 e. The van der Waals surface area contributed by atoms with Gasteiger partial charge in [-0.2, -0.15) is 9.61 Å². The zero-order valence-corrected chi connectivity index (χ0v) is 14.3. The molecular weight excluding hydrogens is 374 g/mol. The summed E-state index contributed by atoms with van der Waals surface area (Å²) in [7, 11) is 1.62. The van der Waals surface area contributed by atoms with Gasteiger partial charge in [0.25, 0.3) is 0 Å². The number of aromatic nitrogens is 5. The van der Waals surface area contributed by atoms with Crippen molar-refractivity contribution >= 4 is 32.6 Å². The fraction of sp³-hybridized carbons (Fsp3) is 0.125. The smallest absolute Gasteiger partial charge is 0.351 e. The Balaban J connectivity index is 1.95. The van der Waals surface area contributed by atoms with Crippen LogP contribution in [0.15, 0.2) is 52.1 Å². The molecule has 24 heavy (non-hydrogen) atoms. The maximum absolute atomic E-state index is 12.8. The number of rotatable bonds is 3. The van der Waals surface area contributed by atoms with Crippen LogP contribution >= 0.6 is 15.9 Å². The van der Waals surface area contributed by atoms with E-state index >= 15 is 0 Å². The van der Waals surface area contributed by atoms with E-state index in [1.165, 1.54) is 10.8 Å². The van der Waals surface area contributed by atoms with E-state index in [0.29, 0.717) is 23.2 Å². The monoisotopic (exact) mass is 385 g/mol. The second-order valence-corrected chi connectivity index (χ2v) is 6.15. The minimum absolute atomic E-state index is 0.259. The molecule has 0 aliphatic rings. The summed E-state index contributed by atoms with van der Waals surface area (Å²) in [5.74, 6) is 0.770. The van der Waals surface area contributed by atoms with Gasteiger partial charge >= 0.3 is 5.69 Å². The van der Waals surface area contributed by atoms with Crippen molar-refractivity contribution in [3.05, 3.63) is 63.4 Å². The van der Waals surface area contributed by atoms with Crippen LogP contribution in [0.3, 0.4) is 0 Å². The third-order valence-electron chi connectivity index (χ3n) is 3.80. The van der Waals surface area contributed by atoms with Crippen LogP contribution in [-0.4, -0.2) is 31.3 Å². The van der Waals surface area contributed by atoms with E-state index in [1.807, 2.05) is 30.3 Å². The summed E-state index contributed by atoms with van der Waals surface area (Å²) in [5, 5.41) is 4.02. The van der Waals surface area contributed by atoms with Gasteiger partial charge in [-0.05, 0) is 39.7 Å². The Morgan fingerprint density at radius 3 is 2.75 bits per heavy atom. The summed E-state index contributed by atoms with van der Waals surface area (Å²) in [6.45, 7) is 0.396. The molecule has 0 N–H and O–H groups in total. The van der Waals surface area contributed by atoms with Crippen LogP contribution in [0.1, 0.15) is 5.56 Å². The molecule has 0 aliphatic heterocycles. The summed E-state index contributed by atoms with van der Waals surface area (Å²) in [5.41, 5.74) is 2.49. The molecule has 4 aromatic rings. The number of fused-ring (bicyclic) bond motifs is 3. The second-order valence-electron chi connectivity index (χ2n) is 5.23. The van der Waals surface area contributed by atoms with Gasteiger partial charge in [0.05, 0.1) is 19.2 Å². The molecular formula is C16H12BrN5O2. The third kappa shape index (κ3) is 2.35. The van der Waals surface area contributed by atoms with Gasteiger partial charge in [-0.25, -0.2) is 14.8 Å². The molecule has 0 fully saturated rings. The van der Waals surface area contributed by atoms with E-state index in [2.05, 4.69) is 31.0 Å². The lowest BCUT2D eigenvalue weighted by molar-refractivity contribution is 0.414. The SMILES string of the molecule is COc1ccc(Cn2c(=O)n3ncnc3c3ncc(Br)cc32)cc1. The molecule has 0 aliphatic carbocycles. The number of hydrogen-bond donors (Lipinski definition) is 0. The highest BCUT2D eigenvalue weighted by molar-refractivity contribution is 9.10. The molecule has 7 nitrogen and oxygen atoms in total. The standard InChI is InChI=1S/C16H12BrN5O2/c1-24-12-4-2-10(3-5-12)8-21-13-6-11(17)7-18-14(13)15-19-9-20-22(15)16(21)23/h2-7,9H,8H2,1H3. The molecule has 0 unspecified atom stereocenters. The van der Waals surface area contributed by atoms with Crippen molar-refractivity contribution in [2.75, 3.05) is 7.11 Å². The van der Waals surface area contributed by atoms with Gasteiger partial charge in [-0.1, -0.05) is 12.1 Å². The Morgan fingerprint density at radius 1 is 1.21 bits per heavy atom. The molecule has 0 atom stereocenters. The fourth-order valence-corrected chi connectivity index (χ4v) is 2.95. The summed E-state index contributed by atoms with van der Waals surface area (Å²) < 4.78 is 8.87. The van der Waals surface area contributed by atoms with Gasteiger partial charge < -0.3 is 4.74 Å². The molecule has 3 heterocycles. The number of pyridine rings is 1. The zero-order valence-electron chi connectivity index (χ0n) is 12.7. The Hall–Kier alpha value is -2.74. The summed E-state index contributed by atoms with van der Waals surface area (Å²) >= 11 is 3.41. The van der Waals surface area contributed by atoms with Gasteiger partial charge in [0.1, 0.15) is 17.6 Å². The molecule has 0 saturated carbocycles. The van der Waals surface area contributed by atoms with Crippen molar-refractivity contribution in [2.45, 2.75) is 6.54 Å². The topological polar surface area (TPSA) is 74.3 Å². The molecule has 0 bridgehead atoms. The van der Waals surface area contributed by atoms with Crippen molar-refractivity contribution in [3.8, 4) is 5.75 Å². The van der Waals surface area contributed by atoms with Crippen molar-refractivity contribution in [2.24, 2.45) is 0 Å². The normalized spacial score (nSPS) is 11.2. The summed E-state index contributed by atoms with van der Waals surface area (Å²) in [6, 6.07) is 9.44. The van der Waals surface area contributed by atoms with Gasteiger partial charge in [-0.3, -0.25) is 4.57 Å². The van der Waals surface area contributed by atoms with Crippen molar-refractivity contribution in [1.82, 2.24) is 24.1 Å². The lowest BCUT2D eigenvalue weighted by atomic mass is 10.2. The predicted octanol–water partition coefficient (Wildman–Crippen LogP) is 2.26. The molecule has 8 heteroatoms. The number of halogens is 1. The molecule has 120 valence electrons. The van der Waals surface area contributed by atoms with Crippen molar-refractivity contribution in [1.29, 1.82) is 0 Å². The highest BCUT2D eigenvalue weighted by Gasteiger charge is 2.14. The van der Waals surface area contributed by atoms with Gasteiger partial charge in [0.2, 0.25) is 0 Å². The Bertz CT molecular complexity index is 1100. The van der Waals surface area contributed by atoms with Gasteiger partial charge in [-0.15, -0.1) is 0 Å². The van der Waals surface area contributed by atoms with E-state index in [9.17, 15) is 4.79 Å². The lowest BCUT2D eigenvalue weighted by Crippen LogP contribution is -2.28. The van der Waals surface area contributed by atoms with E-state index < -0.39 is 0 Å². The average molecular weight is 386 g/mol. The number of benzene rings is 1. The molecule has 0 radical (unpaired) electrons. The van der Waals surface area contributed by atoms with Gasteiger partial charge in [0, 0.05) is 10.7 Å². The first-order chi connectivity index (χ1) is 11.7. The zero-order chi connectivity index (χ0) is 16.7. The van der Waals surface area contributed by atoms with Crippen LogP contribution in [-0.2, 0) is 6.54 Å². The van der Waals surface area contributed by atoms with Crippen LogP contribution in [0.25, 0.3) is 16.7 Å². The lowest BCUT2D eigenvalue weighted by Gasteiger charge is -2.11. The Kier molecular flexibility index (Phi) is 3.53. The number of hydrogen-bond acceptors (Lipinski definition) is 5. The largest absolute Gasteiger partial charge is 0.497 e. The van der Waals surface area contributed by atoms with Gasteiger partial charge in [0.15, 0.2) is 5.65 Å². The van der Waals surface area contributed by atoms with Crippen LogP contribution in [0.5, 0.6) is 5.75 Å². The fourth-order valence-electron chi connectivity index (χ4n) is 2.63. The molecule has 0 saturated heterocycles. The number of nitrogens with zero attached hydrogens (tertiary/aromatic N) is 5. The van der Waals surface area contributed by atoms with Crippen molar-refractivity contribution in [3.63, 3.8) is 0 Å². The number of methoxy groups -OCH3 is 1. The first kappa shape index (κ1) is 14.8.